The first-order valence-corrected chi connectivity index (χ1v) is 9.38. The van der Waals surface area contributed by atoms with Crippen LogP contribution in [0.4, 0.5) is 11.4 Å². The van der Waals surface area contributed by atoms with Gasteiger partial charge in [0, 0.05) is 55.6 Å². The second-order valence-corrected chi connectivity index (χ2v) is 7.39. The molecule has 2 aromatic rings. The van der Waals surface area contributed by atoms with Crippen molar-refractivity contribution >= 4 is 17.3 Å². The van der Waals surface area contributed by atoms with Crippen molar-refractivity contribution in [2.75, 3.05) is 45.2 Å². The molecule has 1 amide bonds. The van der Waals surface area contributed by atoms with E-state index in [0.717, 1.165) is 25.3 Å². The van der Waals surface area contributed by atoms with Gasteiger partial charge in [0.15, 0.2) is 0 Å². The highest BCUT2D eigenvalue weighted by Crippen LogP contribution is 2.24. The predicted molar refractivity (Wildman–Crippen MR) is 110 cm³/mol. The monoisotopic (exact) mass is 382 g/mol. The molecular formula is C21H26N4O3. The summed E-state index contributed by atoms with van der Waals surface area (Å²) in [5.41, 5.74) is 3.25. The van der Waals surface area contributed by atoms with Gasteiger partial charge >= 0.3 is 0 Å². The van der Waals surface area contributed by atoms with Gasteiger partial charge in [-0.05, 0) is 44.8 Å². The average Bonchev–Trinajstić information content (AvgIpc) is 2.67. The second kappa shape index (κ2) is 8.39. The summed E-state index contributed by atoms with van der Waals surface area (Å²) in [6, 6.07) is 13.2. The molecule has 1 fully saturated rings. The van der Waals surface area contributed by atoms with Crippen molar-refractivity contribution in [3.05, 3.63) is 69.3 Å². The second-order valence-electron chi connectivity index (χ2n) is 7.39. The normalized spacial score (nSPS) is 14.4. The van der Waals surface area contributed by atoms with Crippen molar-refractivity contribution in [2.24, 2.45) is 0 Å². The van der Waals surface area contributed by atoms with Crippen LogP contribution in [0.25, 0.3) is 0 Å². The first-order chi connectivity index (χ1) is 13.4. The number of piperazine rings is 1. The number of nitro groups is 1. The molecule has 0 bridgehead atoms. The first-order valence-electron chi connectivity index (χ1n) is 9.38. The van der Waals surface area contributed by atoms with Gasteiger partial charge in [-0.3, -0.25) is 14.9 Å². The van der Waals surface area contributed by atoms with Crippen LogP contribution in [0.5, 0.6) is 0 Å². The highest BCUT2D eigenvalue weighted by molar-refractivity contribution is 5.96. The minimum absolute atomic E-state index is 0.0119. The highest BCUT2D eigenvalue weighted by Gasteiger charge is 2.25. The van der Waals surface area contributed by atoms with Gasteiger partial charge in [0.1, 0.15) is 0 Å². The number of carbonyl (C=O) groups is 1. The molecule has 1 saturated heterocycles. The van der Waals surface area contributed by atoms with Crippen LogP contribution in [-0.4, -0.2) is 60.9 Å². The van der Waals surface area contributed by atoms with Gasteiger partial charge in [-0.2, -0.15) is 0 Å². The van der Waals surface area contributed by atoms with E-state index in [4.69, 9.17) is 0 Å². The van der Waals surface area contributed by atoms with Gasteiger partial charge in [-0.25, -0.2) is 0 Å². The van der Waals surface area contributed by atoms with E-state index in [1.807, 2.05) is 14.1 Å². The largest absolute Gasteiger partial charge is 0.368 e. The molecule has 0 aliphatic carbocycles. The number of rotatable bonds is 5. The third-order valence-corrected chi connectivity index (χ3v) is 5.07. The number of carbonyl (C=O) groups excluding carboxylic acids is 1. The Morgan fingerprint density at radius 2 is 1.79 bits per heavy atom. The lowest BCUT2D eigenvalue weighted by molar-refractivity contribution is -0.385. The summed E-state index contributed by atoms with van der Waals surface area (Å²) >= 11 is 0. The first kappa shape index (κ1) is 19.8. The molecule has 0 aromatic heterocycles. The molecule has 0 unspecified atom stereocenters. The zero-order chi connectivity index (χ0) is 20.3. The van der Waals surface area contributed by atoms with Crippen LogP contribution in [-0.2, 0) is 6.54 Å². The van der Waals surface area contributed by atoms with Gasteiger partial charge < -0.3 is 14.7 Å². The highest BCUT2D eigenvalue weighted by atomic mass is 16.6. The summed E-state index contributed by atoms with van der Waals surface area (Å²) in [6.07, 6.45) is 0. The Morgan fingerprint density at radius 1 is 1.11 bits per heavy atom. The van der Waals surface area contributed by atoms with Crippen LogP contribution in [0.1, 0.15) is 21.5 Å². The van der Waals surface area contributed by atoms with E-state index >= 15 is 0 Å². The molecule has 7 heteroatoms. The Bertz CT molecular complexity index is 874. The van der Waals surface area contributed by atoms with E-state index < -0.39 is 4.92 Å². The molecule has 148 valence electrons. The Hall–Kier alpha value is -2.93. The van der Waals surface area contributed by atoms with E-state index in [1.165, 1.54) is 11.6 Å². The van der Waals surface area contributed by atoms with Crippen LogP contribution in [0.3, 0.4) is 0 Å². The molecular weight excluding hydrogens is 356 g/mol. The lowest BCUT2D eigenvalue weighted by atomic mass is 10.1. The lowest BCUT2D eigenvalue weighted by Crippen LogP contribution is -2.49. The zero-order valence-electron chi connectivity index (χ0n) is 16.6. The van der Waals surface area contributed by atoms with Crippen LogP contribution in [0.2, 0.25) is 0 Å². The maximum atomic E-state index is 12.9. The smallest absolute Gasteiger partial charge is 0.273 e. The van der Waals surface area contributed by atoms with Crippen LogP contribution in [0, 0.1) is 17.0 Å². The van der Waals surface area contributed by atoms with E-state index in [0.29, 0.717) is 24.2 Å². The molecule has 2 aromatic carbocycles. The Labute approximate surface area is 165 Å². The van der Waals surface area contributed by atoms with E-state index in [1.54, 1.807) is 24.0 Å². The number of amides is 1. The number of hydrogen-bond donors (Lipinski definition) is 0. The third-order valence-electron chi connectivity index (χ3n) is 5.07. The Kier molecular flexibility index (Phi) is 5.94. The Morgan fingerprint density at radius 3 is 2.43 bits per heavy atom. The summed E-state index contributed by atoms with van der Waals surface area (Å²) < 4.78 is 0. The van der Waals surface area contributed by atoms with Crippen molar-refractivity contribution in [2.45, 2.75) is 13.5 Å². The molecule has 0 N–H and O–H groups in total. The number of anilines is 1. The fraction of sp³-hybridized carbons (Fsp3) is 0.381. The van der Waals surface area contributed by atoms with E-state index in [-0.39, 0.29) is 11.6 Å². The van der Waals surface area contributed by atoms with Gasteiger partial charge in [0.05, 0.1) is 4.92 Å². The van der Waals surface area contributed by atoms with Crippen molar-refractivity contribution in [1.82, 2.24) is 9.80 Å². The van der Waals surface area contributed by atoms with Crippen molar-refractivity contribution in [3.63, 3.8) is 0 Å². The van der Waals surface area contributed by atoms with E-state index in [2.05, 4.69) is 34.1 Å². The fourth-order valence-corrected chi connectivity index (χ4v) is 3.61. The van der Waals surface area contributed by atoms with Gasteiger partial charge in [0.25, 0.3) is 11.6 Å². The number of nitrogens with zero attached hydrogens (tertiary/aromatic N) is 4. The van der Waals surface area contributed by atoms with Crippen LogP contribution >= 0.6 is 0 Å². The quantitative estimate of drug-likeness (QED) is 0.587. The molecule has 0 radical (unpaired) electrons. The summed E-state index contributed by atoms with van der Waals surface area (Å²) in [5.74, 6) is -0.137. The third kappa shape index (κ3) is 4.31. The van der Waals surface area contributed by atoms with E-state index in [9.17, 15) is 14.9 Å². The summed E-state index contributed by atoms with van der Waals surface area (Å²) in [7, 11) is 4.10. The minimum atomic E-state index is -0.440. The van der Waals surface area contributed by atoms with Crippen molar-refractivity contribution in [3.8, 4) is 0 Å². The van der Waals surface area contributed by atoms with Crippen LogP contribution < -0.4 is 4.90 Å². The maximum Gasteiger partial charge on any atom is 0.273 e. The summed E-state index contributed by atoms with van der Waals surface area (Å²) in [6.45, 7) is 5.20. The zero-order valence-corrected chi connectivity index (χ0v) is 16.6. The number of hydrogen-bond acceptors (Lipinski definition) is 5. The molecule has 0 saturated carbocycles. The van der Waals surface area contributed by atoms with Crippen molar-refractivity contribution < 1.29 is 9.72 Å². The minimum Gasteiger partial charge on any atom is -0.368 e. The van der Waals surface area contributed by atoms with Gasteiger partial charge in [-0.15, -0.1) is 0 Å². The number of benzene rings is 2. The molecule has 1 aliphatic rings. The summed E-state index contributed by atoms with van der Waals surface area (Å²) in [4.78, 5) is 29.8. The van der Waals surface area contributed by atoms with Gasteiger partial charge in [0.2, 0.25) is 0 Å². The molecule has 1 heterocycles. The summed E-state index contributed by atoms with van der Waals surface area (Å²) in [5, 5.41) is 11.1. The van der Waals surface area contributed by atoms with Crippen LogP contribution in [0.15, 0.2) is 42.5 Å². The lowest BCUT2D eigenvalue weighted by Gasteiger charge is -2.36. The molecule has 1 aliphatic heterocycles. The van der Waals surface area contributed by atoms with Crippen molar-refractivity contribution in [1.29, 1.82) is 0 Å². The SMILES string of the molecule is Cc1c(C(=O)N2CCN(c3cccc(CN(C)C)c3)CC2)cccc1[N+](=O)[O-]. The molecule has 28 heavy (non-hydrogen) atoms. The Balaban J connectivity index is 1.68. The standard InChI is InChI=1S/C21H26N4O3/c1-16-19(8-5-9-20(16)25(27)28)21(26)24-12-10-23(11-13-24)18-7-4-6-17(14-18)15-22(2)3/h4-9,14H,10-13,15H2,1-3H3. The predicted octanol–water partition coefficient (Wildman–Crippen LogP) is 2.93. The molecule has 0 spiro atoms. The average molecular weight is 382 g/mol. The molecule has 3 rings (SSSR count). The fourth-order valence-electron chi connectivity index (χ4n) is 3.61. The topological polar surface area (TPSA) is 69.9 Å². The molecule has 7 nitrogen and oxygen atoms in total. The maximum absolute atomic E-state index is 12.9. The number of nitro benzene ring substituents is 1. The molecule has 0 atom stereocenters. The van der Waals surface area contributed by atoms with Gasteiger partial charge in [-0.1, -0.05) is 18.2 Å².